The molecule has 0 radical (unpaired) electrons. The fraction of sp³-hybridized carbons (Fsp3) is 0.357. The summed E-state index contributed by atoms with van der Waals surface area (Å²) in [7, 11) is 0. The van der Waals surface area contributed by atoms with Gasteiger partial charge >= 0.3 is 0 Å². The molecule has 0 spiro atoms. The predicted molar refractivity (Wildman–Crippen MR) is 255 cm³/mol. The smallest absolute Gasteiger partial charge is 0.252 e. The van der Waals surface area contributed by atoms with Crippen molar-refractivity contribution in [2.24, 2.45) is 0 Å². The Balaban J connectivity index is 1.23. The number of anilines is 7. The second-order valence-corrected chi connectivity index (χ2v) is 21.2. The van der Waals surface area contributed by atoms with Gasteiger partial charge in [0.2, 0.25) is 0 Å². The summed E-state index contributed by atoms with van der Waals surface area (Å²) in [4.78, 5) is 8.36. The number of hydrogen-bond donors (Lipinski definition) is 0. The maximum Gasteiger partial charge on any atom is 0.252 e. The number of hydrogen-bond acceptors (Lipinski definition) is 3. The molecule has 1 fully saturated rings. The van der Waals surface area contributed by atoms with Crippen LogP contribution >= 0.6 is 0 Å². The number of aryl methyl sites for hydroxylation is 3. The molecule has 6 aromatic carbocycles. The van der Waals surface area contributed by atoms with Gasteiger partial charge in [-0.05, 0) is 145 Å². The lowest BCUT2D eigenvalue weighted by Gasteiger charge is -2.54. The molecule has 0 saturated heterocycles. The second-order valence-electron chi connectivity index (χ2n) is 21.2. The summed E-state index contributed by atoms with van der Waals surface area (Å²) in [6.45, 7) is 22.5. The third-order valence-corrected chi connectivity index (χ3v) is 17.4. The van der Waals surface area contributed by atoms with Crippen LogP contribution in [0.5, 0.6) is 0 Å². The van der Waals surface area contributed by atoms with Crippen LogP contribution in [0.3, 0.4) is 0 Å². The van der Waals surface area contributed by atoms with Crippen LogP contribution in [0.25, 0.3) is 0 Å². The van der Waals surface area contributed by atoms with Crippen LogP contribution < -0.4 is 31.1 Å². The third-order valence-electron chi connectivity index (χ3n) is 17.4. The number of nitrogens with zero attached hydrogens (tertiary/aromatic N) is 3. The van der Waals surface area contributed by atoms with E-state index in [1.165, 1.54) is 115 Å². The van der Waals surface area contributed by atoms with Crippen molar-refractivity contribution in [3.8, 4) is 0 Å². The molecule has 1 saturated carbocycles. The quantitative estimate of drug-likeness (QED) is 0.162. The first-order valence-corrected chi connectivity index (χ1v) is 22.8. The SMILES string of the molecule is Cc1cc(C)c2c3c1B1c4ccccc4N(c4ccccc4)c4cc(N5c6ccc(C(C)(C)C)cc6C6(C)CCc7ccccc7C56C)cc(c41)N3C1(C)CCCCC21C. The second kappa shape index (κ2) is 11.8. The summed E-state index contributed by atoms with van der Waals surface area (Å²) >= 11 is 0. The molecule has 0 aromatic heterocycles. The van der Waals surface area contributed by atoms with Crippen LogP contribution in [0, 0.1) is 13.8 Å². The maximum absolute atomic E-state index is 2.93. The zero-order valence-corrected chi connectivity index (χ0v) is 37.1. The van der Waals surface area contributed by atoms with Gasteiger partial charge in [0.25, 0.3) is 6.71 Å². The maximum atomic E-state index is 2.93. The predicted octanol–water partition coefficient (Wildman–Crippen LogP) is 12.2. The summed E-state index contributed by atoms with van der Waals surface area (Å²) in [5.41, 5.74) is 23.7. The van der Waals surface area contributed by atoms with E-state index in [1.54, 1.807) is 5.56 Å². The molecule has 3 nitrogen and oxygen atoms in total. The highest BCUT2D eigenvalue weighted by molar-refractivity contribution is 7.00. The minimum atomic E-state index is -0.315. The van der Waals surface area contributed by atoms with Crippen molar-refractivity contribution in [1.29, 1.82) is 0 Å². The van der Waals surface area contributed by atoms with Gasteiger partial charge in [0.15, 0.2) is 0 Å². The molecular weight excluding hydrogens is 725 g/mol. The Morgan fingerprint density at radius 3 is 2.08 bits per heavy atom. The molecule has 4 unspecified atom stereocenters. The largest absolute Gasteiger partial charge is 0.335 e. The molecular formula is C56H58BN3. The summed E-state index contributed by atoms with van der Waals surface area (Å²) in [6.07, 6.45) is 7.15. The molecule has 300 valence electrons. The summed E-state index contributed by atoms with van der Waals surface area (Å²) in [5.74, 6) is 0. The summed E-state index contributed by atoms with van der Waals surface area (Å²) < 4.78 is 0. The lowest BCUT2D eigenvalue weighted by molar-refractivity contribution is 0.194. The van der Waals surface area contributed by atoms with Crippen LogP contribution in [-0.4, -0.2) is 12.3 Å². The van der Waals surface area contributed by atoms with E-state index in [0.717, 1.165) is 12.8 Å². The number of rotatable bonds is 2. The van der Waals surface area contributed by atoms with Gasteiger partial charge in [-0.2, -0.15) is 0 Å². The highest BCUT2D eigenvalue weighted by Gasteiger charge is 2.64. The molecule has 0 bridgehead atoms. The average molecular weight is 784 g/mol. The fourth-order valence-electron chi connectivity index (χ4n) is 14.1. The minimum Gasteiger partial charge on any atom is -0.335 e. The zero-order chi connectivity index (χ0) is 41.3. The van der Waals surface area contributed by atoms with Crippen molar-refractivity contribution in [1.82, 2.24) is 0 Å². The molecule has 2 aliphatic carbocycles. The molecule has 12 rings (SSSR count). The first kappa shape index (κ1) is 36.6. The van der Waals surface area contributed by atoms with Gasteiger partial charge in [-0.1, -0.05) is 132 Å². The normalized spacial score (nSPS) is 26.5. The van der Waals surface area contributed by atoms with Gasteiger partial charge in [-0.25, -0.2) is 0 Å². The van der Waals surface area contributed by atoms with E-state index < -0.39 is 0 Å². The van der Waals surface area contributed by atoms with Gasteiger partial charge in [-0.15, -0.1) is 0 Å². The highest BCUT2D eigenvalue weighted by atomic mass is 15.3. The van der Waals surface area contributed by atoms with Crippen LogP contribution in [-0.2, 0) is 28.2 Å². The van der Waals surface area contributed by atoms with Crippen LogP contribution in [0.1, 0.15) is 120 Å². The molecule has 4 heteroatoms. The molecule has 6 aliphatic rings. The summed E-state index contributed by atoms with van der Waals surface area (Å²) in [5, 5.41) is 0. The van der Waals surface area contributed by atoms with Crippen molar-refractivity contribution in [2.75, 3.05) is 14.7 Å². The molecule has 60 heavy (non-hydrogen) atoms. The molecule has 0 N–H and O–H groups in total. The molecule has 4 heterocycles. The minimum absolute atomic E-state index is 0.0403. The summed E-state index contributed by atoms with van der Waals surface area (Å²) in [6, 6.07) is 45.2. The van der Waals surface area contributed by atoms with Gasteiger partial charge in [0.05, 0.1) is 11.1 Å². The van der Waals surface area contributed by atoms with Crippen molar-refractivity contribution in [3.63, 3.8) is 0 Å². The lowest BCUT2D eigenvalue weighted by atomic mass is 9.32. The molecule has 4 atom stereocenters. The van der Waals surface area contributed by atoms with Gasteiger partial charge in [0, 0.05) is 50.6 Å². The number of fused-ring (bicyclic) bond motifs is 12. The van der Waals surface area contributed by atoms with Crippen LogP contribution in [0.4, 0.5) is 39.8 Å². The number of benzene rings is 6. The van der Waals surface area contributed by atoms with E-state index in [4.69, 9.17) is 0 Å². The topological polar surface area (TPSA) is 9.72 Å². The van der Waals surface area contributed by atoms with Crippen molar-refractivity contribution >= 4 is 62.9 Å². The molecule has 0 amide bonds. The van der Waals surface area contributed by atoms with E-state index in [9.17, 15) is 0 Å². The van der Waals surface area contributed by atoms with Crippen molar-refractivity contribution in [3.05, 3.63) is 154 Å². The Labute approximate surface area is 358 Å². The Morgan fingerprint density at radius 1 is 0.567 bits per heavy atom. The van der Waals surface area contributed by atoms with Crippen molar-refractivity contribution < 1.29 is 0 Å². The first-order chi connectivity index (χ1) is 28.7. The van der Waals surface area contributed by atoms with Crippen LogP contribution in [0.2, 0.25) is 0 Å². The van der Waals surface area contributed by atoms with Crippen LogP contribution in [0.15, 0.2) is 115 Å². The molecule has 4 aliphatic heterocycles. The Morgan fingerprint density at radius 2 is 1.28 bits per heavy atom. The third kappa shape index (κ3) is 4.24. The monoisotopic (exact) mass is 783 g/mol. The van der Waals surface area contributed by atoms with E-state index >= 15 is 0 Å². The molecule has 6 aromatic rings. The first-order valence-electron chi connectivity index (χ1n) is 22.8. The van der Waals surface area contributed by atoms with E-state index in [1.807, 2.05) is 0 Å². The van der Waals surface area contributed by atoms with Gasteiger partial charge in [-0.3, -0.25) is 0 Å². The zero-order valence-electron chi connectivity index (χ0n) is 37.1. The highest BCUT2D eigenvalue weighted by Crippen LogP contribution is 2.66. The average Bonchev–Trinajstić information content (AvgIpc) is 3.59. The van der Waals surface area contributed by atoms with Gasteiger partial charge in [0.1, 0.15) is 0 Å². The number of para-hydroxylation sites is 2. The standard InChI is InChI=1S/C56H58BN3/c1-35-31-36(2)49-51-48(35)54(7)28-17-18-29-55(54,8)60(51)47-34-40(33-46-50(47)57(49)43-23-15-16-24-45(43)58(46)39-20-11-10-12-21-39)59-44-26-25-38(52(3,4)5)32-42(44)53(6)30-27-37-19-13-14-22-41(37)56(53,59)9/h10-16,19-26,31-34H,17-18,27-30H2,1-9H3. The van der Waals surface area contributed by atoms with Gasteiger partial charge < -0.3 is 14.7 Å². The van der Waals surface area contributed by atoms with E-state index in [2.05, 4.69) is 192 Å². The van der Waals surface area contributed by atoms with E-state index in [-0.39, 0.29) is 34.0 Å². The van der Waals surface area contributed by atoms with Crippen molar-refractivity contribution in [2.45, 2.75) is 128 Å². The Kier molecular flexibility index (Phi) is 7.19. The Bertz CT molecular complexity index is 2830. The van der Waals surface area contributed by atoms with E-state index in [0.29, 0.717) is 0 Å². The lowest BCUT2D eigenvalue weighted by Crippen LogP contribution is -2.65. The fourth-order valence-corrected chi connectivity index (χ4v) is 14.1. The Hall–Kier alpha value is -5.22.